The molecule has 10 heteroatoms. The SMILES string of the molecule is CC(C)c1cccc(C(C)C)c1OC(=O)CCCNC(=O)[C@@H](N)COC(=O)C(F)(F)F. The van der Waals surface area contributed by atoms with Crippen molar-refractivity contribution in [1.82, 2.24) is 5.32 Å². The first-order valence-corrected chi connectivity index (χ1v) is 9.95. The Hall–Kier alpha value is -2.62. The van der Waals surface area contributed by atoms with Gasteiger partial charge in [-0.1, -0.05) is 45.9 Å². The van der Waals surface area contributed by atoms with Gasteiger partial charge in [0.1, 0.15) is 18.4 Å². The monoisotopic (exact) mass is 446 g/mol. The number of amides is 1. The Morgan fingerprint density at radius 2 is 1.61 bits per heavy atom. The zero-order valence-corrected chi connectivity index (χ0v) is 18.0. The maximum Gasteiger partial charge on any atom is 0.490 e. The molecule has 0 saturated carbocycles. The van der Waals surface area contributed by atoms with Crippen molar-refractivity contribution in [3.05, 3.63) is 29.3 Å². The van der Waals surface area contributed by atoms with Gasteiger partial charge in [0.2, 0.25) is 5.91 Å². The molecule has 0 aliphatic carbocycles. The van der Waals surface area contributed by atoms with Crippen LogP contribution in [0.15, 0.2) is 18.2 Å². The predicted octanol–water partition coefficient (Wildman–Crippen LogP) is 3.17. The number of esters is 2. The minimum Gasteiger partial charge on any atom is -0.457 e. The van der Waals surface area contributed by atoms with Crippen molar-refractivity contribution in [3.63, 3.8) is 0 Å². The molecular formula is C21H29F3N2O5. The van der Waals surface area contributed by atoms with Crippen LogP contribution in [-0.2, 0) is 19.1 Å². The van der Waals surface area contributed by atoms with E-state index in [1.165, 1.54) is 0 Å². The van der Waals surface area contributed by atoms with E-state index < -0.39 is 36.7 Å². The molecule has 0 aliphatic rings. The predicted molar refractivity (Wildman–Crippen MR) is 107 cm³/mol. The number of carbonyl (C=O) groups excluding carboxylic acids is 3. The zero-order chi connectivity index (χ0) is 23.8. The van der Waals surface area contributed by atoms with Gasteiger partial charge >= 0.3 is 18.1 Å². The first-order valence-electron chi connectivity index (χ1n) is 9.95. The van der Waals surface area contributed by atoms with Gasteiger partial charge in [-0.3, -0.25) is 9.59 Å². The summed E-state index contributed by atoms with van der Waals surface area (Å²) in [5.41, 5.74) is 7.24. The lowest BCUT2D eigenvalue weighted by atomic mass is 9.94. The Morgan fingerprint density at radius 1 is 1.06 bits per heavy atom. The van der Waals surface area contributed by atoms with E-state index in [0.717, 1.165) is 11.1 Å². The molecule has 1 amide bonds. The normalized spacial score (nSPS) is 12.6. The third-order valence-corrected chi connectivity index (χ3v) is 4.35. The van der Waals surface area contributed by atoms with Crippen molar-refractivity contribution in [2.45, 2.75) is 64.6 Å². The molecule has 1 aromatic carbocycles. The number of hydrogen-bond acceptors (Lipinski definition) is 6. The van der Waals surface area contributed by atoms with Gasteiger partial charge in [-0.15, -0.1) is 0 Å². The van der Waals surface area contributed by atoms with E-state index in [2.05, 4.69) is 10.1 Å². The molecule has 0 aromatic heterocycles. The minimum atomic E-state index is -5.15. The molecule has 0 heterocycles. The molecule has 1 rings (SSSR count). The maximum atomic E-state index is 12.3. The largest absolute Gasteiger partial charge is 0.490 e. The zero-order valence-electron chi connectivity index (χ0n) is 18.0. The number of halogens is 3. The minimum absolute atomic E-state index is 0.0164. The maximum absolute atomic E-state index is 12.3. The van der Waals surface area contributed by atoms with Crippen LogP contribution in [0.2, 0.25) is 0 Å². The standard InChI is InChI=1S/C21H29F3N2O5/c1-12(2)14-7-5-8-15(13(3)4)18(14)31-17(27)9-6-10-26-19(28)16(25)11-30-20(29)21(22,23)24/h5,7-8,12-13,16H,6,9-11,25H2,1-4H3,(H,26,28)/t16-/m0/s1. The highest BCUT2D eigenvalue weighted by Crippen LogP contribution is 2.34. The van der Waals surface area contributed by atoms with Gasteiger partial charge in [-0.25, -0.2) is 4.79 Å². The molecule has 1 aromatic rings. The fourth-order valence-corrected chi connectivity index (χ4v) is 2.66. The fourth-order valence-electron chi connectivity index (χ4n) is 2.66. The van der Waals surface area contributed by atoms with E-state index >= 15 is 0 Å². The van der Waals surface area contributed by atoms with E-state index in [1.807, 2.05) is 45.9 Å². The second-order valence-electron chi connectivity index (χ2n) is 7.65. The Bertz CT molecular complexity index is 753. The third kappa shape index (κ3) is 8.56. The Kier molecular flexibility index (Phi) is 9.96. The van der Waals surface area contributed by atoms with Crippen LogP contribution in [0.3, 0.4) is 0 Å². The summed E-state index contributed by atoms with van der Waals surface area (Å²) >= 11 is 0. The number of nitrogens with one attached hydrogen (secondary N) is 1. The van der Waals surface area contributed by atoms with Crippen molar-refractivity contribution < 1.29 is 37.0 Å². The summed E-state index contributed by atoms with van der Waals surface area (Å²) in [7, 11) is 0. The molecule has 0 radical (unpaired) electrons. The molecule has 0 aliphatic heterocycles. The summed E-state index contributed by atoms with van der Waals surface area (Å²) in [5.74, 6) is -2.80. The van der Waals surface area contributed by atoms with Gasteiger partial charge in [0.05, 0.1) is 0 Å². The number of nitrogens with two attached hydrogens (primary N) is 1. The lowest BCUT2D eigenvalue weighted by Gasteiger charge is -2.19. The lowest BCUT2D eigenvalue weighted by molar-refractivity contribution is -0.200. The second kappa shape index (κ2) is 11.7. The number of carbonyl (C=O) groups is 3. The van der Waals surface area contributed by atoms with Crippen molar-refractivity contribution in [2.75, 3.05) is 13.2 Å². The molecule has 0 unspecified atom stereocenters. The summed E-state index contributed by atoms with van der Waals surface area (Å²) in [4.78, 5) is 34.7. The summed E-state index contributed by atoms with van der Waals surface area (Å²) < 4.78 is 45.7. The van der Waals surface area contributed by atoms with E-state index in [0.29, 0.717) is 5.75 Å². The average Bonchev–Trinajstić information content (AvgIpc) is 2.67. The number of alkyl halides is 3. The topological polar surface area (TPSA) is 108 Å². The van der Waals surface area contributed by atoms with Gasteiger partial charge in [0.25, 0.3) is 0 Å². The fraction of sp³-hybridized carbons (Fsp3) is 0.571. The number of hydrogen-bond donors (Lipinski definition) is 2. The number of rotatable bonds is 10. The van der Waals surface area contributed by atoms with Crippen molar-refractivity contribution >= 4 is 17.8 Å². The van der Waals surface area contributed by atoms with Gasteiger partial charge in [0.15, 0.2) is 0 Å². The molecule has 0 saturated heterocycles. The highest BCUT2D eigenvalue weighted by Gasteiger charge is 2.41. The van der Waals surface area contributed by atoms with Crippen LogP contribution in [0.1, 0.15) is 63.5 Å². The van der Waals surface area contributed by atoms with Crippen LogP contribution in [0.25, 0.3) is 0 Å². The van der Waals surface area contributed by atoms with E-state index in [1.54, 1.807) is 0 Å². The van der Waals surface area contributed by atoms with Gasteiger partial charge in [-0.05, 0) is 29.4 Å². The average molecular weight is 446 g/mol. The van der Waals surface area contributed by atoms with E-state index in [9.17, 15) is 27.6 Å². The number of ether oxygens (including phenoxy) is 2. The molecule has 3 N–H and O–H groups in total. The molecule has 7 nitrogen and oxygen atoms in total. The summed E-state index contributed by atoms with van der Waals surface area (Å²) in [5, 5.41) is 2.38. The van der Waals surface area contributed by atoms with E-state index in [-0.39, 0.29) is 31.2 Å². The molecule has 0 bridgehead atoms. The second-order valence-corrected chi connectivity index (χ2v) is 7.65. The first kappa shape index (κ1) is 26.4. The summed E-state index contributed by atoms with van der Waals surface area (Å²) in [6, 6.07) is 4.29. The summed E-state index contributed by atoms with van der Waals surface area (Å²) in [6.07, 6.45) is -4.90. The molecule has 0 fully saturated rings. The van der Waals surface area contributed by atoms with Crippen LogP contribution in [0.4, 0.5) is 13.2 Å². The first-order chi connectivity index (χ1) is 14.3. The highest BCUT2D eigenvalue weighted by molar-refractivity contribution is 5.82. The van der Waals surface area contributed by atoms with Gasteiger partial charge in [0, 0.05) is 13.0 Å². The highest BCUT2D eigenvalue weighted by atomic mass is 19.4. The van der Waals surface area contributed by atoms with Crippen LogP contribution in [0, 0.1) is 0 Å². The molecular weight excluding hydrogens is 417 g/mol. The Balaban J connectivity index is 2.50. The van der Waals surface area contributed by atoms with Crippen LogP contribution in [-0.4, -0.2) is 43.2 Å². The molecule has 31 heavy (non-hydrogen) atoms. The summed E-state index contributed by atoms with van der Waals surface area (Å²) in [6.45, 7) is 7.15. The smallest absolute Gasteiger partial charge is 0.457 e. The van der Waals surface area contributed by atoms with Crippen LogP contribution in [0.5, 0.6) is 5.75 Å². The Labute approximate surface area is 179 Å². The number of benzene rings is 1. The van der Waals surface area contributed by atoms with Crippen molar-refractivity contribution in [2.24, 2.45) is 5.73 Å². The quantitative estimate of drug-likeness (QED) is 0.325. The van der Waals surface area contributed by atoms with Gasteiger partial charge < -0.3 is 20.5 Å². The van der Waals surface area contributed by atoms with Crippen LogP contribution < -0.4 is 15.8 Å². The third-order valence-electron chi connectivity index (χ3n) is 4.35. The molecule has 0 spiro atoms. The Morgan fingerprint density at radius 3 is 2.10 bits per heavy atom. The number of para-hydroxylation sites is 1. The lowest BCUT2D eigenvalue weighted by Crippen LogP contribution is -2.45. The van der Waals surface area contributed by atoms with Crippen LogP contribution >= 0.6 is 0 Å². The molecule has 1 atom stereocenters. The van der Waals surface area contributed by atoms with E-state index in [4.69, 9.17) is 10.5 Å². The molecule has 174 valence electrons. The van der Waals surface area contributed by atoms with Gasteiger partial charge in [-0.2, -0.15) is 13.2 Å². The van der Waals surface area contributed by atoms with Crippen molar-refractivity contribution in [3.8, 4) is 5.75 Å². The van der Waals surface area contributed by atoms with Crippen molar-refractivity contribution in [1.29, 1.82) is 0 Å².